The Hall–Kier alpha value is -4.18. The maximum atomic E-state index is 4.81. The molecule has 5 aromatic rings. The third kappa shape index (κ3) is 4.12. The summed E-state index contributed by atoms with van der Waals surface area (Å²) in [5.41, 5.74) is 10.1. The number of hydrogen-bond acceptors (Lipinski definition) is 2. The van der Waals surface area contributed by atoms with E-state index in [9.17, 15) is 0 Å². The topological polar surface area (TPSA) is 57.4 Å². The molecule has 0 amide bonds. The first-order valence-electron chi connectivity index (χ1n) is 11.3. The summed E-state index contributed by atoms with van der Waals surface area (Å²) < 4.78 is 0. The fourth-order valence-corrected chi connectivity index (χ4v) is 4.61. The summed E-state index contributed by atoms with van der Waals surface area (Å²) >= 11 is 0. The quantitative estimate of drug-likeness (QED) is 0.234. The van der Waals surface area contributed by atoms with Crippen molar-refractivity contribution < 1.29 is 17.1 Å². The van der Waals surface area contributed by atoms with Crippen molar-refractivity contribution in [3.05, 3.63) is 108 Å². The molecule has 0 fully saturated rings. The van der Waals surface area contributed by atoms with Crippen molar-refractivity contribution in [1.82, 2.24) is 19.9 Å². The van der Waals surface area contributed by atoms with Gasteiger partial charge >= 0.3 is 0 Å². The summed E-state index contributed by atoms with van der Waals surface area (Å²) in [7, 11) is 0. The minimum absolute atomic E-state index is 0. The van der Waals surface area contributed by atoms with Crippen LogP contribution in [-0.4, -0.2) is 19.9 Å². The van der Waals surface area contributed by atoms with Gasteiger partial charge in [-0.3, -0.25) is 0 Å². The van der Waals surface area contributed by atoms with E-state index in [0.717, 1.165) is 50.4 Å². The number of rotatable bonds is 1. The first kappa shape index (κ1) is 21.4. The zero-order valence-corrected chi connectivity index (χ0v) is 19.7. The summed E-state index contributed by atoms with van der Waals surface area (Å²) in [5.74, 6) is 0. The zero-order chi connectivity index (χ0) is 22.5. The number of aromatic amines is 2. The van der Waals surface area contributed by atoms with E-state index < -0.39 is 0 Å². The molecule has 7 rings (SSSR count). The number of nitrogens with one attached hydrogen (secondary N) is 2. The Labute approximate surface area is 212 Å². The van der Waals surface area contributed by atoms with Gasteiger partial charge in [0.2, 0.25) is 0 Å². The van der Waals surface area contributed by atoms with Gasteiger partial charge in [0.15, 0.2) is 0 Å². The minimum Gasteiger partial charge on any atom is -0.355 e. The standard InChI is InChI=1S/C30H20N4.Fe/c1-2-4-20-13-21(6-5-19(20)3-1)29-17-28-16-26-10-9-24(32-26)14-22-7-8-23(31-22)15-25-11-12-27(33-25)18-30(29)34-28;/h1-18,32,34H;. The van der Waals surface area contributed by atoms with Crippen molar-refractivity contribution in [2.75, 3.05) is 0 Å². The van der Waals surface area contributed by atoms with Gasteiger partial charge in [0.25, 0.3) is 0 Å². The molecule has 2 aliphatic heterocycles. The van der Waals surface area contributed by atoms with Crippen LogP contribution in [0.3, 0.4) is 0 Å². The fourth-order valence-electron chi connectivity index (χ4n) is 4.61. The molecule has 2 aromatic carbocycles. The second kappa shape index (κ2) is 8.55. The Morgan fingerprint density at radius 1 is 0.486 bits per heavy atom. The van der Waals surface area contributed by atoms with Gasteiger partial charge in [0.1, 0.15) is 0 Å². The molecule has 0 radical (unpaired) electrons. The van der Waals surface area contributed by atoms with Gasteiger partial charge in [-0.15, -0.1) is 0 Å². The number of hydrogen-bond donors (Lipinski definition) is 2. The fraction of sp³-hybridized carbons (Fsp3) is 0. The van der Waals surface area contributed by atoms with E-state index >= 15 is 0 Å². The Kier molecular flexibility index (Phi) is 5.22. The van der Waals surface area contributed by atoms with Crippen LogP contribution in [0.5, 0.6) is 0 Å². The monoisotopic (exact) mass is 492 g/mol. The van der Waals surface area contributed by atoms with Crippen molar-refractivity contribution in [2.45, 2.75) is 0 Å². The van der Waals surface area contributed by atoms with Crippen LogP contribution in [-0.2, 0) is 17.1 Å². The summed E-state index contributed by atoms with van der Waals surface area (Å²) in [6, 6.07) is 29.8. The van der Waals surface area contributed by atoms with E-state index in [4.69, 9.17) is 9.97 Å². The number of fused-ring (bicyclic) bond motifs is 9. The average Bonchev–Trinajstić information content (AvgIpc) is 3.64. The number of benzene rings is 2. The average molecular weight is 492 g/mol. The van der Waals surface area contributed by atoms with Crippen molar-refractivity contribution in [3.8, 4) is 11.1 Å². The molecule has 35 heavy (non-hydrogen) atoms. The maximum Gasteiger partial charge on any atom is 0.0659 e. The molecule has 0 aliphatic carbocycles. The summed E-state index contributed by atoms with van der Waals surface area (Å²) in [6.45, 7) is 0. The van der Waals surface area contributed by atoms with E-state index in [1.807, 2.05) is 30.4 Å². The summed E-state index contributed by atoms with van der Waals surface area (Å²) in [6.07, 6.45) is 8.12. The van der Waals surface area contributed by atoms with Gasteiger partial charge in [0, 0.05) is 44.7 Å². The molecule has 0 atom stereocenters. The van der Waals surface area contributed by atoms with Crippen LogP contribution in [0.4, 0.5) is 0 Å². The van der Waals surface area contributed by atoms with Crippen LogP contribution < -0.4 is 0 Å². The van der Waals surface area contributed by atoms with E-state index in [1.165, 1.54) is 16.3 Å². The molecule has 0 saturated heterocycles. The summed E-state index contributed by atoms with van der Waals surface area (Å²) in [5, 5.41) is 2.46. The molecule has 2 aliphatic rings. The zero-order valence-electron chi connectivity index (χ0n) is 18.6. The first-order valence-corrected chi connectivity index (χ1v) is 11.3. The van der Waals surface area contributed by atoms with Gasteiger partial charge in [0.05, 0.1) is 22.8 Å². The minimum atomic E-state index is 0. The molecule has 5 heterocycles. The molecule has 2 N–H and O–H groups in total. The van der Waals surface area contributed by atoms with Crippen molar-refractivity contribution in [3.63, 3.8) is 0 Å². The normalized spacial score (nSPS) is 12.1. The van der Waals surface area contributed by atoms with Crippen LogP contribution in [0.2, 0.25) is 0 Å². The SMILES string of the molecule is C1=Cc2cc3ccc(cc4cc(-c5ccc6ccccc6c5)c(cc5nc(cc1n2)C=C5)[nH]4)[nH]3.[Fe]. The Balaban J connectivity index is 0.00000229. The second-order valence-corrected chi connectivity index (χ2v) is 8.65. The number of aromatic nitrogens is 4. The molecular weight excluding hydrogens is 472 g/mol. The number of H-pyrrole nitrogens is 2. The molecule has 0 spiro atoms. The van der Waals surface area contributed by atoms with Crippen molar-refractivity contribution in [2.24, 2.45) is 0 Å². The smallest absolute Gasteiger partial charge is 0.0659 e. The van der Waals surface area contributed by atoms with Gasteiger partial charge in [-0.1, -0.05) is 36.4 Å². The van der Waals surface area contributed by atoms with E-state index in [0.29, 0.717) is 0 Å². The van der Waals surface area contributed by atoms with Crippen LogP contribution in [0.1, 0.15) is 22.8 Å². The molecular formula is C30H20FeN4. The van der Waals surface area contributed by atoms with Crippen LogP contribution in [0.25, 0.3) is 68.3 Å². The molecule has 3 aromatic heterocycles. The number of nitrogens with zero attached hydrogens (tertiary/aromatic N) is 2. The molecule has 168 valence electrons. The molecule has 0 saturated carbocycles. The third-order valence-corrected chi connectivity index (χ3v) is 6.23. The Morgan fingerprint density at radius 3 is 1.91 bits per heavy atom. The predicted molar refractivity (Wildman–Crippen MR) is 142 cm³/mol. The van der Waals surface area contributed by atoms with Gasteiger partial charge in [-0.25, -0.2) is 9.97 Å². The van der Waals surface area contributed by atoms with Gasteiger partial charge in [-0.05, 0) is 89.2 Å². The second-order valence-electron chi connectivity index (χ2n) is 8.65. The largest absolute Gasteiger partial charge is 0.355 e. The van der Waals surface area contributed by atoms with Gasteiger partial charge in [-0.2, -0.15) is 0 Å². The Bertz CT molecular complexity index is 1820. The summed E-state index contributed by atoms with van der Waals surface area (Å²) in [4.78, 5) is 16.6. The van der Waals surface area contributed by atoms with Crippen LogP contribution in [0, 0.1) is 0 Å². The predicted octanol–water partition coefficient (Wildman–Crippen LogP) is 7.47. The maximum absolute atomic E-state index is 4.81. The molecule has 8 bridgehead atoms. The van der Waals surface area contributed by atoms with E-state index in [1.54, 1.807) is 0 Å². The molecule has 4 nitrogen and oxygen atoms in total. The van der Waals surface area contributed by atoms with Crippen LogP contribution >= 0.6 is 0 Å². The molecule has 0 unspecified atom stereocenters. The first-order chi connectivity index (χ1) is 16.7. The van der Waals surface area contributed by atoms with E-state index in [2.05, 4.69) is 88.8 Å². The van der Waals surface area contributed by atoms with Crippen molar-refractivity contribution in [1.29, 1.82) is 0 Å². The van der Waals surface area contributed by atoms with Crippen molar-refractivity contribution >= 4 is 57.1 Å². The van der Waals surface area contributed by atoms with Gasteiger partial charge < -0.3 is 9.97 Å². The van der Waals surface area contributed by atoms with E-state index in [-0.39, 0.29) is 17.1 Å². The molecule has 5 heteroatoms. The van der Waals surface area contributed by atoms with Crippen LogP contribution in [0.15, 0.2) is 84.9 Å². The third-order valence-electron chi connectivity index (χ3n) is 6.23. The Morgan fingerprint density at radius 2 is 1.14 bits per heavy atom.